The van der Waals surface area contributed by atoms with Gasteiger partial charge in [0, 0.05) is 0 Å². The van der Waals surface area contributed by atoms with Crippen LogP contribution in [0.3, 0.4) is 0 Å². The molecule has 2 rings (SSSR count). The van der Waals surface area contributed by atoms with Crippen molar-refractivity contribution in [2.24, 2.45) is 0 Å². The van der Waals surface area contributed by atoms with Crippen LogP contribution in [0.4, 0.5) is 0 Å². The van der Waals surface area contributed by atoms with E-state index >= 15 is 0 Å². The molecule has 0 atom stereocenters. The molecule has 0 aliphatic heterocycles. The molecule has 0 spiro atoms. The van der Waals surface area contributed by atoms with Crippen LogP contribution in [-0.4, -0.2) is 0 Å². The Morgan fingerprint density at radius 1 is 0.895 bits per heavy atom. The minimum absolute atomic E-state index is 0.463. The summed E-state index contributed by atoms with van der Waals surface area (Å²) >= 11 is 11.8. The first-order valence-corrected chi connectivity index (χ1v) is 7.07. The van der Waals surface area contributed by atoms with E-state index in [1.165, 1.54) is 11.1 Å². The number of aryl methyl sites for hydroxylation is 2. The van der Waals surface area contributed by atoms with Gasteiger partial charge in [-0.05, 0) is 36.1 Å². The molecule has 0 aliphatic rings. The van der Waals surface area contributed by atoms with Gasteiger partial charge in [0.1, 0.15) is 4.84 Å². The van der Waals surface area contributed by atoms with E-state index in [2.05, 4.69) is 49.4 Å². The first kappa shape index (κ1) is 14.2. The van der Waals surface area contributed by atoms with Crippen LogP contribution in [0.2, 0.25) is 0 Å². The number of rotatable bonds is 3. The molecule has 0 fully saturated rings. The Kier molecular flexibility index (Phi) is 4.68. The number of benzene rings is 2. The van der Waals surface area contributed by atoms with Gasteiger partial charge >= 0.3 is 0 Å². The molecule has 0 radical (unpaired) electrons. The lowest BCUT2D eigenvalue weighted by Crippen LogP contribution is -1.88. The summed E-state index contributed by atoms with van der Waals surface area (Å²) < 4.78 is 0. The van der Waals surface area contributed by atoms with E-state index in [9.17, 15) is 0 Å². The molecular formula is C17H16Cl2. The number of halogens is 2. The minimum Gasteiger partial charge on any atom is -0.100 e. The lowest BCUT2D eigenvalue weighted by Gasteiger charge is -2.07. The summed E-state index contributed by atoms with van der Waals surface area (Å²) in [5, 5.41) is 0. The molecule has 0 saturated heterocycles. The standard InChI is InChI=1S/C17H16Cl2/c1-12-4-3-5-14(10-12)6-7-15-8-9-16(17(18)19)13(2)11-15/h3-11,17H,1-2H3. The lowest BCUT2D eigenvalue weighted by molar-refractivity contribution is 1.26. The largest absolute Gasteiger partial charge is 0.133 e. The Labute approximate surface area is 124 Å². The van der Waals surface area contributed by atoms with Crippen LogP contribution in [0.5, 0.6) is 0 Å². The fourth-order valence-electron chi connectivity index (χ4n) is 2.01. The summed E-state index contributed by atoms with van der Waals surface area (Å²) in [5.41, 5.74) is 5.70. The van der Waals surface area contributed by atoms with Crippen molar-refractivity contribution >= 4 is 35.4 Å². The average Bonchev–Trinajstić information content (AvgIpc) is 2.36. The van der Waals surface area contributed by atoms with Crippen LogP contribution in [-0.2, 0) is 0 Å². The van der Waals surface area contributed by atoms with E-state index in [0.717, 1.165) is 16.7 Å². The highest BCUT2D eigenvalue weighted by molar-refractivity contribution is 6.44. The van der Waals surface area contributed by atoms with Crippen LogP contribution in [0.25, 0.3) is 12.2 Å². The third-order valence-electron chi connectivity index (χ3n) is 3.04. The van der Waals surface area contributed by atoms with E-state index in [4.69, 9.17) is 23.2 Å². The van der Waals surface area contributed by atoms with Crippen molar-refractivity contribution in [2.75, 3.05) is 0 Å². The van der Waals surface area contributed by atoms with Crippen molar-refractivity contribution in [1.82, 2.24) is 0 Å². The van der Waals surface area contributed by atoms with Gasteiger partial charge in [-0.2, -0.15) is 0 Å². The number of alkyl halides is 2. The predicted molar refractivity (Wildman–Crippen MR) is 85.7 cm³/mol. The first-order chi connectivity index (χ1) is 9.06. The highest BCUT2D eigenvalue weighted by atomic mass is 35.5. The van der Waals surface area contributed by atoms with Gasteiger partial charge in [0.25, 0.3) is 0 Å². The van der Waals surface area contributed by atoms with Gasteiger partial charge in [-0.25, -0.2) is 0 Å². The summed E-state index contributed by atoms with van der Waals surface area (Å²) in [6.07, 6.45) is 4.21. The molecule has 0 unspecified atom stereocenters. The molecule has 0 nitrogen and oxygen atoms in total. The van der Waals surface area contributed by atoms with Crippen LogP contribution < -0.4 is 0 Å². The van der Waals surface area contributed by atoms with Gasteiger partial charge in [0.05, 0.1) is 0 Å². The smallest absolute Gasteiger partial charge is 0.100 e. The maximum atomic E-state index is 5.90. The molecule has 0 aliphatic carbocycles. The highest BCUT2D eigenvalue weighted by Crippen LogP contribution is 2.28. The summed E-state index contributed by atoms with van der Waals surface area (Å²) in [4.78, 5) is -0.463. The zero-order valence-corrected chi connectivity index (χ0v) is 12.5. The quantitative estimate of drug-likeness (QED) is 0.484. The van der Waals surface area contributed by atoms with Crippen molar-refractivity contribution < 1.29 is 0 Å². The molecule has 2 heteroatoms. The molecule has 0 N–H and O–H groups in total. The van der Waals surface area contributed by atoms with Gasteiger partial charge in [-0.1, -0.05) is 60.2 Å². The van der Waals surface area contributed by atoms with Gasteiger partial charge in [-0.3, -0.25) is 0 Å². The van der Waals surface area contributed by atoms with Crippen LogP contribution in [0.1, 0.15) is 32.7 Å². The van der Waals surface area contributed by atoms with Crippen molar-refractivity contribution in [3.8, 4) is 0 Å². The van der Waals surface area contributed by atoms with Gasteiger partial charge in [0.2, 0.25) is 0 Å². The molecule has 98 valence electrons. The van der Waals surface area contributed by atoms with E-state index in [1.54, 1.807) is 0 Å². The van der Waals surface area contributed by atoms with Crippen molar-refractivity contribution in [3.63, 3.8) is 0 Å². The fraction of sp³-hybridized carbons (Fsp3) is 0.176. The summed E-state index contributed by atoms with van der Waals surface area (Å²) in [6, 6.07) is 14.5. The molecule has 2 aromatic carbocycles. The van der Waals surface area contributed by atoms with E-state index < -0.39 is 4.84 Å². The second-order valence-electron chi connectivity index (χ2n) is 4.66. The van der Waals surface area contributed by atoms with E-state index in [1.807, 2.05) is 19.1 Å². The Bertz CT molecular complexity index is 598. The molecule has 0 bridgehead atoms. The second-order valence-corrected chi connectivity index (χ2v) is 5.76. The topological polar surface area (TPSA) is 0 Å². The second kappa shape index (κ2) is 6.27. The maximum Gasteiger partial charge on any atom is 0.133 e. The molecule has 0 aromatic heterocycles. The van der Waals surface area contributed by atoms with E-state index in [0.29, 0.717) is 0 Å². The molecule has 19 heavy (non-hydrogen) atoms. The predicted octanol–water partition coefficient (Wildman–Crippen LogP) is 5.95. The zero-order valence-electron chi connectivity index (χ0n) is 11.0. The van der Waals surface area contributed by atoms with Crippen LogP contribution >= 0.6 is 23.2 Å². The summed E-state index contributed by atoms with van der Waals surface area (Å²) in [7, 11) is 0. The third kappa shape index (κ3) is 3.86. The number of hydrogen-bond acceptors (Lipinski definition) is 0. The maximum absolute atomic E-state index is 5.90. The monoisotopic (exact) mass is 290 g/mol. The Morgan fingerprint density at radius 2 is 1.58 bits per heavy atom. The Morgan fingerprint density at radius 3 is 2.16 bits per heavy atom. The van der Waals surface area contributed by atoms with E-state index in [-0.39, 0.29) is 0 Å². The molecule has 0 amide bonds. The van der Waals surface area contributed by atoms with Crippen molar-refractivity contribution in [1.29, 1.82) is 0 Å². The average molecular weight is 291 g/mol. The minimum atomic E-state index is -0.463. The van der Waals surface area contributed by atoms with Crippen LogP contribution in [0.15, 0.2) is 42.5 Å². The SMILES string of the molecule is Cc1cccc(C=Cc2ccc(C(Cl)Cl)c(C)c2)c1. The molecule has 2 aromatic rings. The Hall–Kier alpha value is -1.24. The zero-order chi connectivity index (χ0) is 13.8. The van der Waals surface area contributed by atoms with Crippen LogP contribution in [0, 0.1) is 13.8 Å². The molecule has 0 heterocycles. The molecule has 0 saturated carbocycles. The lowest BCUT2D eigenvalue weighted by atomic mass is 10.0. The number of hydrogen-bond donors (Lipinski definition) is 0. The fourth-order valence-corrected chi connectivity index (χ4v) is 2.50. The van der Waals surface area contributed by atoms with Gasteiger partial charge < -0.3 is 0 Å². The summed E-state index contributed by atoms with van der Waals surface area (Å²) in [5.74, 6) is 0. The van der Waals surface area contributed by atoms with Crippen molar-refractivity contribution in [2.45, 2.75) is 18.7 Å². The molecular weight excluding hydrogens is 275 g/mol. The third-order valence-corrected chi connectivity index (χ3v) is 3.51. The summed E-state index contributed by atoms with van der Waals surface area (Å²) in [6.45, 7) is 4.12. The normalized spacial score (nSPS) is 11.4. The van der Waals surface area contributed by atoms with Crippen molar-refractivity contribution in [3.05, 3.63) is 70.3 Å². The van der Waals surface area contributed by atoms with Gasteiger partial charge in [0.15, 0.2) is 0 Å². The Balaban J connectivity index is 2.22. The highest BCUT2D eigenvalue weighted by Gasteiger charge is 2.06. The van der Waals surface area contributed by atoms with Gasteiger partial charge in [-0.15, -0.1) is 23.2 Å². The first-order valence-electron chi connectivity index (χ1n) is 6.20.